The summed E-state index contributed by atoms with van der Waals surface area (Å²) in [7, 11) is 0. The van der Waals surface area contributed by atoms with Gasteiger partial charge in [0.05, 0.1) is 12.4 Å². The molecule has 0 radical (unpaired) electrons. The minimum atomic E-state index is -0.270. The van der Waals surface area contributed by atoms with E-state index in [1.807, 2.05) is 13.8 Å². The van der Waals surface area contributed by atoms with E-state index in [-0.39, 0.29) is 17.2 Å². The molecule has 1 fully saturated rings. The van der Waals surface area contributed by atoms with Crippen molar-refractivity contribution in [3.63, 3.8) is 0 Å². The first-order valence-electron chi connectivity index (χ1n) is 5.22. The van der Waals surface area contributed by atoms with Crippen LogP contribution in [0.15, 0.2) is 17.0 Å². The van der Waals surface area contributed by atoms with Crippen LogP contribution < -0.4 is 4.90 Å². The van der Waals surface area contributed by atoms with Gasteiger partial charge < -0.3 is 0 Å². The van der Waals surface area contributed by atoms with Crippen LogP contribution in [0.5, 0.6) is 0 Å². The lowest BCUT2D eigenvalue weighted by Gasteiger charge is -2.33. The molecule has 5 nitrogen and oxygen atoms in total. The maximum atomic E-state index is 11.9. The highest BCUT2D eigenvalue weighted by atomic mass is 79.9. The van der Waals surface area contributed by atoms with Crippen molar-refractivity contribution in [2.75, 3.05) is 4.90 Å². The Bertz CT molecular complexity index is 450. The largest absolute Gasteiger partial charge is 0.274 e. The van der Waals surface area contributed by atoms with E-state index in [0.29, 0.717) is 23.3 Å². The van der Waals surface area contributed by atoms with E-state index in [9.17, 15) is 9.59 Å². The zero-order valence-corrected chi connectivity index (χ0v) is 11.2. The second kappa shape index (κ2) is 4.18. The number of carbonyl (C=O) groups is 2. The van der Waals surface area contributed by atoms with Gasteiger partial charge in [-0.05, 0) is 21.3 Å². The van der Waals surface area contributed by atoms with Crippen LogP contribution in [0, 0.1) is 5.41 Å². The molecule has 90 valence electrons. The number of anilines is 1. The van der Waals surface area contributed by atoms with Crippen molar-refractivity contribution in [3.05, 3.63) is 17.0 Å². The smallest absolute Gasteiger partial charge is 0.235 e. The minimum Gasteiger partial charge on any atom is -0.274 e. The van der Waals surface area contributed by atoms with E-state index >= 15 is 0 Å². The minimum absolute atomic E-state index is 0.220. The standard InChI is InChI=1S/C11H12BrN3O2/c1-11(2)3-9(16)15(10(17)4-11)8-6-13-7(12)5-14-8/h5-6H,3-4H2,1-2H3. The van der Waals surface area contributed by atoms with Gasteiger partial charge in [0.15, 0.2) is 5.82 Å². The van der Waals surface area contributed by atoms with Crippen LogP contribution in [0.4, 0.5) is 5.82 Å². The van der Waals surface area contributed by atoms with Gasteiger partial charge in [-0.2, -0.15) is 0 Å². The third-order valence-electron chi connectivity index (χ3n) is 2.59. The highest BCUT2D eigenvalue weighted by Crippen LogP contribution is 2.33. The van der Waals surface area contributed by atoms with Crippen molar-refractivity contribution in [1.29, 1.82) is 0 Å². The number of aromatic nitrogens is 2. The maximum absolute atomic E-state index is 11.9. The number of amides is 2. The van der Waals surface area contributed by atoms with Gasteiger partial charge in [0.2, 0.25) is 11.8 Å². The summed E-state index contributed by atoms with van der Waals surface area (Å²) < 4.78 is 0.568. The summed E-state index contributed by atoms with van der Waals surface area (Å²) in [6.45, 7) is 3.82. The van der Waals surface area contributed by atoms with Crippen LogP contribution >= 0.6 is 15.9 Å². The van der Waals surface area contributed by atoms with Crippen LogP contribution in [0.25, 0.3) is 0 Å². The molecule has 1 aromatic heterocycles. The Morgan fingerprint density at radius 3 is 2.24 bits per heavy atom. The summed E-state index contributed by atoms with van der Waals surface area (Å²) in [5.41, 5.74) is -0.270. The van der Waals surface area contributed by atoms with Gasteiger partial charge in [0, 0.05) is 12.8 Å². The van der Waals surface area contributed by atoms with Gasteiger partial charge in [-0.25, -0.2) is 14.9 Å². The van der Waals surface area contributed by atoms with Gasteiger partial charge >= 0.3 is 0 Å². The number of piperidine rings is 1. The fourth-order valence-electron chi connectivity index (χ4n) is 1.85. The average Bonchev–Trinajstić information content (AvgIpc) is 2.18. The summed E-state index contributed by atoms with van der Waals surface area (Å²) in [5.74, 6) is -0.149. The van der Waals surface area contributed by atoms with E-state index in [4.69, 9.17) is 0 Å². The highest BCUT2D eigenvalue weighted by Gasteiger charge is 2.38. The Morgan fingerprint density at radius 2 is 1.76 bits per heavy atom. The molecule has 1 aliphatic heterocycles. The number of nitrogens with zero attached hydrogens (tertiary/aromatic N) is 3. The molecule has 0 atom stereocenters. The second-order valence-electron chi connectivity index (χ2n) is 4.84. The van der Waals surface area contributed by atoms with Crippen LogP contribution in [-0.4, -0.2) is 21.8 Å². The third-order valence-corrected chi connectivity index (χ3v) is 3.00. The molecule has 2 rings (SSSR count). The number of halogens is 1. The SMILES string of the molecule is CC1(C)CC(=O)N(c2cnc(Br)cn2)C(=O)C1. The highest BCUT2D eigenvalue weighted by molar-refractivity contribution is 9.10. The molecule has 0 unspecified atom stereocenters. The lowest BCUT2D eigenvalue weighted by atomic mass is 9.82. The summed E-state index contributed by atoms with van der Waals surface area (Å²) in [6, 6.07) is 0. The zero-order chi connectivity index (χ0) is 12.6. The summed E-state index contributed by atoms with van der Waals surface area (Å²) >= 11 is 3.16. The molecule has 1 aliphatic rings. The first kappa shape index (κ1) is 12.2. The fourth-order valence-corrected chi connectivity index (χ4v) is 2.06. The van der Waals surface area contributed by atoms with Gasteiger partial charge in [-0.3, -0.25) is 9.59 Å². The van der Waals surface area contributed by atoms with Gasteiger partial charge in [0.25, 0.3) is 0 Å². The van der Waals surface area contributed by atoms with E-state index in [1.165, 1.54) is 12.4 Å². The molecule has 0 saturated carbocycles. The molecule has 2 amide bonds. The summed E-state index contributed by atoms with van der Waals surface area (Å²) in [5, 5.41) is 0. The summed E-state index contributed by atoms with van der Waals surface area (Å²) in [4.78, 5) is 33.0. The Morgan fingerprint density at radius 1 is 1.18 bits per heavy atom. The van der Waals surface area contributed by atoms with Crippen molar-refractivity contribution in [1.82, 2.24) is 9.97 Å². The number of hydrogen-bond donors (Lipinski definition) is 0. The molecule has 0 bridgehead atoms. The van der Waals surface area contributed by atoms with Crippen LogP contribution in [0.2, 0.25) is 0 Å². The van der Waals surface area contributed by atoms with Crippen molar-refractivity contribution in [3.8, 4) is 0 Å². The fraction of sp³-hybridized carbons (Fsp3) is 0.455. The van der Waals surface area contributed by atoms with Crippen molar-refractivity contribution in [2.45, 2.75) is 26.7 Å². The molecule has 0 aliphatic carbocycles. The normalized spacial score (nSPS) is 19.6. The molecule has 0 aromatic carbocycles. The summed E-state index contributed by atoms with van der Waals surface area (Å²) in [6.07, 6.45) is 3.57. The average molecular weight is 298 g/mol. The Hall–Kier alpha value is -1.30. The van der Waals surface area contributed by atoms with Gasteiger partial charge in [-0.15, -0.1) is 0 Å². The van der Waals surface area contributed by atoms with Crippen LogP contribution in [-0.2, 0) is 9.59 Å². The van der Waals surface area contributed by atoms with E-state index in [0.717, 1.165) is 4.90 Å². The van der Waals surface area contributed by atoms with E-state index < -0.39 is 0 Å². The van der Waals surface area contributed by atoms with Crippen molar-refractivity contribution in [2.24, 2.45) is 5.41 Å². The molecular formula is C11H12BrN3O2. The third kappa shape index (κ3) is 2.52. The van der Waals surface area contributed by atoms with Crippen LogP contribution in [0.3, 0.4) is 0 Å². The number of hydrogen-bond acceptors (Lipinski definition) is 4. The first-order chi connectivity index (χ1) is 7.89. The molecular weight excluding hydrogens is 286 g/mol. The molecule has 1 saturated heterocycles. The molecule has 0 spiro atoms. The van der Waals surface area contributed by atoms with Gasteiger partial charge in [0.1, 0.15) is 4.60 Å². The second-order valence-corrected chi connectivity index (χ2v) is 5.65. The van der Waals surface area contributed by atoms with Crippen LogP contribution in [0.1, 0.15) is 26.7 Å². The van der Waals surface area contributed by atoms with Crippen molar-refractivity contribution >= 4 is 33.6 Å². The Balaban J connectivity index is 2.30. The first-order valence-corrected chi connectivity index (χ1v) is 6.02. The quantitative estimate of drug-likeness (QED) is 0.743. The molecule has 6 heteroatoms. The number of rotatable bonds is 1. The Labute approximate surface area is 107 Å². The lowest BCUT2D eigenvalue weighted by molar-refractivity contribution is -0.132. The van der Waals surface area contributed by atoms with E-state index in [2.05, 4.69) is 25.9 Å². The lowest BCUT2D eigenvalue weighted by Crippen LogP contribution is -2.46. The van der Waals surface area contributed by atoms with E-state index in [1.54, 1.807) is 0 Å². The number of imide groups is 1. The molecule has 0 N–H and O–H groups in total. The number of carbonyl (C=O) groups excluding carboxylic acids is 2. The monoisotopic (exact) mass is 297 g/mol. The topological polar surface area (TPSA) is 63.2 Å². The predicted molar refractivity (Wildman–Crippen MR) is 65.2 cm³/mol. The maximum Gasteiger partial charge on any atom is 0.235 e. The molecule has 17 heavy (non-hydrogen) atoms. The Kier molecular flexibility index (Phi) is 2.99. The molecule has 1 aromatic rings. The van der Waals surface area contributed by atoms with Gasteiger partial charge in [-0.1, -0.05) is 13.8 Å². The predicted octanol–water partition coefficient (Wildman–Crippen LogP) is 1.92. The van der Waals surface area contributed by atoms with Crippen molar-refractivity contribution < 1.29 is 9.59 Å². The zero-order valence-electron chi connectivity index (χ0n) is 9.61. The molecule has 2 heterocycles.